The number of carbonyl (C=O) groups excluding carboxylic acids is 1. The molecule has 0 spiro atoms. The van der Waals surface area contributed by atoms with Crippen LogP contribution < -0.4 is 0 Å². The van der Waals surface area contributed by atoms with Crippen molar-refractivity contribution in [3.8, 4) is 0 Å². The third-order valence-electron chi connectivity index (χ3n) is 6.87. The van der Waals surface area contributed by atoms with E-state index in [9.17, 15) is 4.79 Å². The molecule has 4 heterocycles. The van der Waals surface area contributed by atoms with Gasteiger partial charge in [0.25, 0.3) is 0 Å². The number of benzene rings is 1. The number of ether oxygens (including phenoxy) is 1. The third kappa shape index (κ3) is 3.31. The van der Waals surface area contributed by atoms with Crippen LogP contribution >= 0.6 is 0 Å². The number of aryl methyl sites for hydroxylation is 1. The highest BCUT2D eigenvalue weighted by molar-refractivity contribution is 6.07. The van der Waals surface area contributed by atoms with Crippen LogP contribution in [0.1, 0.15) is 38.2 Å². The van der Waals surface area contributed by atoms with E-state index in [2.05, 4.69) is 42.0 Å². The number of amides is 1. The zero-order valence-corrected chi connectivity index (χ0v) is 17.4. The molecule has 1 fully saturated rings. The van der Waals surface area contributed by atoms with Gasteiger partial charge in [-0.05, 0) is 50.2 Å². The lowest BCUT2D eigenvalue weighted by molar-refractivity contribution is -0.128. The molecular formula is C24H29N3O2. The quantitative estimate of drug-likeness (QED) is 0.739. The Morgan fingerprint density at radius 3 is 2.79 bits per heavy atom. The summed E-state index contributed by atoms with van der Waals surface area (Å²) in [5.41, 5.74) is 5.22. The van der Waals surface area contributed by atoms with Crippen LogP contribution in [-0.4, -0.2) is 53.6 Å². The first-order valence-electron chi connectivity index (χ1n) is 10.8. The zero-order chi connectivity index (χ0) is 20.0. The molecule has 1 atom stereocenters. The molecule has 5 rings (SSSR count). The summed E-state index contributed by atoms with van der Waals surface area (Å²) in [6.07, 6.45) is 6.40. The molecule has 3 aliphatic heterocycles. The highest BCUT2D eigenvalue weighted by atomic mass is 16.5. The van der Waals surface area contributed by atoms with Crippen molar-refractivity contribution in [1.29, 1.82) is 0 Å². The summed E-state index contributed by atoms with van der Waals surface area (Å²) in [4.78, 5) is 19.4. The average molecular weight is 392 g/mol. The van der Waals surface area contributed by atoms with Gasteiger partial charge in [-0.25, -0.2) is 0 Å². The van der Waals surface area contributed by atoms with E-state index in [-0.39, 0.29) is 5.91 Å². The Hall–Kier alpha value is -2.40. The van der Waals surface area contributed by atoms with Gasteiger partial charge >= 0.3 is 0 Å². The number of fused-ring (bicyclic) bond motifs is 1. The number of carbonyl (C=O) groups is 1. The Morgan fingerprint density at radius 2 is 2.00 bits per heavy atom. The lowest BCUT2D eigenvalue weighted by Crippen LogP contribution is -2.42. The number of nitrogens with zero attached hydrogens (tertiary/aromatic N) is 3. The molecule has 2 aromatic rings. The summed E-state index contributed by atoms with van der Waals surface area (Å²) >= 11 is 0. The monoisotopic (exact) mass is 391 g/mol. The first-order valence-corrected chi connectivity index (χ1v) is 10.8. The Kier molecular flexibility index (Phi) is 4.78. The molecule has 1 saturated heterocycles. The minimum Gasteiger partial charge on any atom is -0.381 e. The molecule has 1 unspecified atom stereocenters. The van der Waals surface area contributed by atoms with E-state index in [1.807, 2.05) is 4.90 Å². The van der Waals surface area contributed by atoms with E-state index in [4.69, 9.17) is 9.73 Å². The van der Waals surface area contributed by atoms with Crippen LogP contribution in [-0.2, 0) is 9.53 Å². The molecule has 1 aromatic heterocycles. The van der Waals surface area contributed by atoms with Crippen molar-refractivity contribution in [1.82, 2.24) is 9.47 Å². The van der Waals surface area contributed by atoms with E-state index in [0.717, 1.165) is 51.3 Å². The van der Waals surface area contributed by atoms with E-state index in [1.54, 1.807) is 6.92 Å². The lowest BCUT2D eigenvalue weighted by atomic mass is 9.82. The van der Waals surface area contributed by atoms with Crippen LogP contribution in [0.5, 0.6) is 0 Å². The maximum atomic E-state index is 12.1. The summed E-state index contributed by atoms with van der Waals surface area (Å²) in [6.45, 7) is 7.04. The zero-order valence-electron chi connectivity index (χ0n) is 17.4. The predicted octanol–water partition coefficient (Wildman–Crippen LogP) is 3.94. The second-order valence-electron chi connectivity index (χ2n) is 8.65. The van der Waals surface area contributed by atoms with Gasteiger partial charge in [-0.1, -0.05) is 23.8 Å². The molecule has 0 N–H and O–H groups in total. The average Bonchev–Trinajstić information content (AvgIpc) is 3.10. The molecule has 0 aliphatic carbocycles. The molecular weight excluding hydrogens is 362 g/mol. The number of rotatable bonds is 1. The van der Waals surface area contributed by atoms with E-state index < -0.39 is 0 Å². The Morgan fingerprint density at radius 1 is 1.21 bits per heavy atom. The molecule has 29 heavy (non-hydrogen) atoms. The van der Waals surface area contributed by atoms with Crippen LogP contribution in [0.25, 0.3) is 10.9 Å². The van der Waals surface area contributed by atoms with E-state index in [0.29, 0.717) is 18.5 Å². The predicted molar refractivity (Wildman–Crippen MR) is 115 cm³/mol. The van der Waals surface area contributed by atoms with E-state index >= 15 is 0 Å². The van der Waals surface area contributed by atoms with Gasteiger partial charge in [-0.3, -0.25) is 9.79 Å². The summed E-state index contributed by atoms with van der Waals surface area (Å²) in [7, 11) is 0. The van der Waals surface area contributed by atoms with Crippen molar-refractivity contribution in [3.63, 3.8) is 0 Å². The molecule has 5 nitrogen and oxygen atoms in total. The van der Waals surface area contributed by atoms with Crippen molar-refractivity contribution in [2.45, 2.75) is 45.6 Å². The fraction of sp³-hybridized carbons (Fsp3) is 0.500. The van der Waals surface area contributed by atoms with Crippen LogP contribution in [0.4, 0.5) is 0 Å². The normalized spacial score (nSPS) is 23.3. The largest absolute Gasteiger partial charge is 0.381 e. The number of dihydropyridines is 1. The van der Waals surface area contributed by atoms with Gasteiger partial charge in [0.05, 0.1) is 11.6 Å². The van der Waals surface area contributed by atoms with Crippen LogP contribution in [0.2, 0.25) is 0 Å². The van der Waals surface area contributed by atoms with Crippen LogP contribution in [0.15, 0.2) is 46.6 Å². The van der Waals surface area contributed by atoms with Crippen LogP contribution in [0, 0.1) is 12.8 Å². The van der Waals surface area contributed by atoms with Gasteiger partial charge in [0.1, 0.15) is 5.84 Å². The Labute approximate surface area is 172 Å². The van der Waals surface area contributed by atoms with Gasteiger partial charge in [-0.2, -0.15) is 0 Å². The molecule has 0 radical (unpaired) electrons. The Bertz CT molecular complexity index is 1010. The standard InChI is InChI=1S/C24H29N3O2/c1-16-14-27(23-6-4-3-5-20(16)23)24-21-15-26(17(2)28)10-7-19(21)13-22(25-24)18-8-11-29-12-9-18/h3-6,14,18,22H,7-13,15H2,1-2H3. The minimum atomic E-state index is 0.149. The molecule has 3 aliphatic rings. The van der Waals surface area contributed by atoms with Gasteiger partial charge in [-0.15, -0.1) is 0 Å². The second kappa shape index (κ2) is 7.45. The first kappa shape index (κ1) is 18.6. The Balaban J connectivity index is 1.61. The number of aliphatic imine (C=N–C) groups is 1. The lowest BCUT2D eigenvalue weighted by Gasteiger charge is -2.38. The number of para-hydroxylation sites is 1. The van der Waals surface area contributed by atoms with Crippen molar-refractivity contribution in [3.05, 3.63) is 47.2 Å². The fourth-order valence-electron chi connectivity index (χ4n) is 5.16. The maximum absolute atomic E-state index is 12.1. The van der Waals surface area contributed by atoms with Gasteiger partial charge in [0, 0.05) is 50.4 Å². The topological polar surface area (TPSA) is 46.8 Å². The summed E-state index contributed by atoms with van der Waals surface area (Å²) < 4.78 is 7.87. The number of hydrogen-bond donors (Lipinski definition) is 0. The van der Waals surface area contributed by atoms with Crippen molar-refractivity contribution in [2.75, 3.05) is 26.3 Å². The van der Waals surface area contributed by atoms with Crippen molar-refractivity contribution < 1.29 is 9.53 Å². The molecule has 152 valence electrons. The smallest absolute Gasteiger partial charge is 0.219 e. The fourth-order valence-corrected chi connectivity index (χ4v) is 5.16. The molecule has 1 amide bonds. The van der Waals surface area contributed by atoms with Gasteiger partial charge in [0.15, 0.2) is 0 Å². The summed E-state index contributed by atoms with van der Waals surface area (Å²) in [6, 6.07) is 8.86. The maximum Gasteiger partial charge on any atom is 0.219 e. The summed E-state index contributed by atoms with van der Waals surface area (Å²) in [5.74, 6) is 1.79. The van der Waals surface area contributed by atoms with Gasteiger partial charge in [0.2, 0.25) is 5.91 Å². The van der Waals surface area contributed by atoms with E-state index in [1.165, 1.54) is 27.6 Å². The molecule has 1 aromatic carbocycles. The first-order chi connectivity index (χ1) is 14.1. The summed E-state index contributed by atoms with van der Waals surface area (Å²) in [5, 5.41) is 1.27. The SMILES string of the molecule is CC(=O)N1CCC2=C(C1)C(n1cc(C)c3ccccc31)=NC(C1CCOCC1)C2. The highest BCUT2D eigenvalue weighted by Crippen LogP contribution is 2.36. The van der Waals surface area contributed by atoms with Crippen molar-refractivity contribution in [2.24, 2.45) is 10.9 Å². The highest BCUT2D eigenvalue weighted by Gasteiger charge is 2.34. The number of hydrogen-bond acceptors (Lipinski definition) is 3. The van der Waals surface area contributed by atoms with Crippen LogP contribution in [0.3, 0.4) is 0 Å². The second-order valence-corrected chi connectivity index (χ2v) is 8.65. The molecule has 0 bridgehead atoms. The molecule has 0 saturated carbocycles. The molecule has 5 heteroatoms. The minimum absolute atomic E-state index is 0.149. The number of aromatic nitrogens is 1. The van der Waals surface area contributed by atoms with Crippen molar-refractivity contribution >= 4 is 22.6 Å². The van der Waals surface area contributed by atoms with Gasteiger partial charge < -0.3 is 14.2 Å². The third-order valence-corrected chi connectivity index (χ3v) is 6.87.